The Hall–Kier alpha value is -3.36. The number of hydrogen-bond donors (Lipinski definition) is 0. The van der Waals surface area contributed by atoms with E-state index < -0.39 is 11.9 Å². The summed E-state index contributed by atoms with van der Waals surface area (Å²) in [4.78, 5) is 28.3. The van der Waals surface area contributed by atoms with E-state index in [-0.39, 0.29) is 10.9 Å². The Labute approximate surface area is 192 Å². The van der Waals surface area contributed by atoms with Gasteiger partial charge in [0.1, 0.15) is 11.3 Å². The zero-order valence-corrected chi connectivity index (χ0v) is 18.4. The fourth-order valence-electron chi connectivity index (χ4n) is 3.57. The summed E-state index contributed by atoms with van der Waals surface area (Å²) < 4.78 is 10.6. The van der Waals surface area contributed by atoms with Crippen LogP contribution in [-0.2, 0) is 14.3 Å². The SMILES string of the molecule is COC(=O)/C=C1/SC(N2N=C(c3cc4ccccc4o3)CC2c2ccc(Cl)cc2)=NC1=O. The van der Waals surface area contributed by atoms with Gasteiger partial charge in [0, 0.05) is 22.9 Å². The highest BCUT2D eigenvalue weighted by molar-refractivity contribution is 8.18. The number of nitrogens with zero attached hydrogens (tertiary/aromatic N) is 3. The number of furan rings is 1. The van der Waals surface area contributed by atoms with Gasteiger partial charge in [0.2, 0.25) is 0 Å². The van der Waals surface area contributed by atoms with Gasteiger partial charge in [-0.05, 0) is 41.6 Å². The highest BCUT2D eigenvalue weighted by Gasteiger charge is 2.37. The zero-order valence-electron chi connectivity index (χ0n) is 16.8. The van der Waals surface area contributed by atoms with E-state index >= 15 is 0 Å². The molecule has 1 unspecified atom stereocenters. The molecule has 0 radical (unpaired) electrons. The molecule has 3 aromatic rings. The summed E-state index contributed by atoms with van der Waals surface area (Å²) in [5, 5.41) is 8.46. The molecule has 2 aromatic carbocycles. The zero-order chi connectivity index (χ0) is 22.2. The first-order chi connectivity index (χ1) is 15.5. The van der Waals surface area contributed by atoms with Gasteiger partial charge in [0.25, 0.3) is 5.91 Å². The molecular weight excluding hydrogens is 450 g/mol. The quantitative estimate of drug-likeness (QED) is 0.403. The first kappa shape index (κ1) is 20.5. The van der Waals surface area contributed by atoms with E-state index in [1.807, 2.05) is 54.6 Å². The second-order valence-electron chi connectivity index (χ2n) is 7.14. The van der Waals surface area contributed by atoms with Crippen LogP contribution >= 0.6 is 23.4 Å². The van der Waals surface area contributed by atoms with Gasteiger partial charge in [-0.25, -0.2) is 9.80 Å². The Bertz CT molecular complexity index is 1290. The number of ether oxygens (including phenoxy) is 1. The average molecular weight is 466 g/mol. The number of amides is 1. The minimum Gasteiger partial charge on any atom is -0.466 e. The standard InChI is InChI=1S/C23H16ClN3O4S/c1-30-21(28)12-20-22(29)25-23(32-20)27-17(13-6-8-15(24)9-7-13)11-16(26-27)19-10-14-4-2-3-5-18(14)31-19/h2-10,12,17H,11H2,1H3/b20-12+. The first-order valence-corrected chi connectivity index (χ1v) is 10.9. The fourth-order valence-corrected chi connectivity index (χ4v) is 4.57. The van der Waals surface area contributed by atoms with Gasteiger partial charge in [-0.1, -0.05) is 41.9 Å². The molecule has 3 heterocycles. The summed E-state index contributed by atoms with van der Waals surface area (Å²) in [5.41, 5.74) is 2.48. The lowest BCUT2D eigenvalue weighted by Gasteiger charge is -2.22. The van der Waals surface area contributed by atoms with Gasteiger partial charge in [-0.2, -0.15) is 10.1 Å². The minimum atomic E-state index is -0.612. The number of hydrazone groups is 1. The summed E-state index contributed by atoms with van der Waals surface area (Å²) in [7, 11) is 1.26. The molecule has 2 aliphatic rings. The summed E-state index contributed by atoms with van der Waals surface area (Å²) in [5.74, 6) is -0.454. The van der Waals surface area contributed by atoms with Crippen LogP contribution in [0, 0.1) is 0 Å². The van der Waals surface area contributed by atoms with Crippen LogP contribution in [0.1, 0.15) is 23.8 Å². The monoisotopic (exact) mass is 465 g/mol. The highest BCUT2D eigenvalue weighted by atomic mass is 35.5. The number of esters is 1. The molecule has 0 spiro atoms. The number of fused-ring (bicyclic) bond motifs is 1. The van der Waals surface area contributed by atoms with E-state index in [2.05, 4.69) is 9.73 Å². The third-order valence-electron chi connectivity index (χ3n) is 5.13. The van der Waals surface area contributed by atoms with E-state index in [1.165, 1.54) is 7.11 Å². The minimum absolute atomic E-state index is 0.189. The number of benzene rings is 2. The Kier molecular flexibility index (Phi) is 5.32. The van der Waals surface area contributed by atoms with E-state index in [0.717, 1.165) is 40.1 Å². The molecule has 32 heavy (non-hydrogen) atoms. The summed E-state index contributed by atoms with van der Waals surface area (Å²) in [6, 6.07) is 16.9. The predicted molar refractivity (Wildman–Crippen MR) is 124 cm³/mol. The molecule has 0 saturated carbocycles. The molecular formula is C23H16ClN3O4S. The first-order valence-electron chi connectivity index (χ1n) is 9.73. The number of halogens is 1. The number of hydrogen-bond acceptors (Lipinski definition) is 7. The maximum Gasteiger partial charge on any atom is 0.331 e. The molecule has 160 valence electrons. The van der Waals surface area contributed by atoms with Crippen molar-refractivity contribution >= 4 is 57.1 Å². The lowest BCUT2D eigenvalue weighted by molar-refractivity contribution is -0.135. The molecule has 2 aliphatic heterocycles. The van der Waals surface area contributed by atoms with Crippen molar-refractivity contribution in [2.75, 3.05) is 7.11 Å². The molecule has 5 rings (SSSR count). The van der Waals surface area contributed by atoms with Crippen LogP contribution in [0.15, 0.2) is 80.1 Å². The van der Waals surface area contributed by atoms with Crippen molar-refractivity contribution in [3.05, 3.63) is 81.9 Å². The van der Waals surface area contributed by atoms with Crippen LogP contribution in [0.5, 0.6) is 0 Å². The van der Waals surface area contributed by atoms with Gasteiger partial charge < -0.3 is 9.15 Å². The molecule has 7 nitrogen and oxygen atoms in total. The Morgan fingerprint density at radius 1 is 1.25 bits per heavy atom. The van der Waals surface area contributed by atoms with Gasteiger partial charge in [-0.3, -0.25) is 4.79 Å². The van der Waals surface area contributed by atoms with Crippen molar-refractivity contribution in [1.29, 1.82) is 0 Å². The summed E-state index contributed by atoms with van der Waals surface area (Å²) in [6.07, 6.45) is 1.69. The number of carbonyl (C=O) groups excluding carboxylic acids is 2. The smallest absolute Gasteiger partial charge is 0.331 e. The van der Waals surface area contributed by atoms with Crippen molar-refractivity contribution < 1.29 is 18.7 Å². The van der Waals surface area contributed by atoms with Crippen LogP contribution < -0.4 is 0 Å². The van der Waals surface area contributed by atoms with E-state index in [9.17, 15) is 9.59 Å². The second-order valence-corrected chi connectivity index (χ2v) is 8.59. The number of carbonyl (C=O) groups is 2. The van der Waals surface area contributed by atoms with Crippen LogP contribution in [0.3, 0.4) is 0 Å². The molecule has 0 fully saturated rings. The number of thioether (sulfide) groups is 1. The van der Waals surface area contributed by atoms with Gasteiger partial charge in [0.15, 0.2) is 10.9 Å². The lowest BCUT2D eigenvalue weighted by atomic mass is 10.0. The number of aliphatic imine (C=N–C) groups is 1. The summed E-state index contributed by atoms with van der Waals surface area (Å²) >= 11 is 7.16. The number of rotatable bonds is 3. The fraction of sp³-hybridized carbons (Fsp3) is 0.130. The Balaban J connectivity index is 1.52. The summed E-state index contributed by atoms with van der Waals surface area (Å²) in [6.45, 7) is 0. The molecule has 1 amide bonds. The molecule has 0 N–H and O–H groups in total. The predicted octanol–water partition coefficient (Wildman–Crippen LogP) is 4.92. The average Bonchev–Trinajstić information content (AvgIpc) is 3.51. The van der Waals surface area contributed by atoms with E-state index in [0.29, 0.717) is 22.4 Å². The molecule has 1 aromatic heterocycles. The largest absolute Gasteiger partial charge is 0.466 e. The van der Waals surface area contributed by atoms with Crippen molar-refractivity contribution in [1.82, 2.24) is 5.01 Å². The molecule has 0 bridgehead atoms. The topological polar surface area (TPSA) is 84.5 Å². The molecule has 1 atom stereocenters. The van der Waals surface area contributed by atoms with Crippen LogP contribution in [0.25, 0.3) is 11.0 Å². The van der Waals surface area contributed by atoms with E-state index in [1.54, 1.807) is 5.01 Å². The Morgan fingerprint density at radius 2 is 2.03 bits per heavy atom. The van der Waals surface area contributed by atoms with Crippen molar-refractivity contribution in [2.24, 2.45) is 10.1 Å². The van der Waals surface area contributed by atoms with Gasteiger partial charge in [0.05, 0.1) is 18.1 Å². The number of amidine groups is 1. The second kappa shape index (κ2) is 8.29. The Morgan fingerprint density at radius 3 is 2.78 bits per heavy atom. The number of para-hydroxylation sites is 1. The van der Waals surface area contributed by atoms with Crippen molar-refractivity contribution in [3.8, 4) is 0 Å². The van der Waals surface area contributed by atoms with Gasteiger partial charge in [-0.15, -0.1) is 0 Å². The third-order valence-corrected chi connectivity index (χ3v) is 6.36. The molecule has 0 saturated heterocycles. The van der Waals surface area contributed by atoms with Crippen LogP contribution in [0.2, 0.25) is 5.02 Å². The normalized spacial score (nSPS) is 19.6. The maximum atomic E-state index is 12.4. The molecule has 9 heteroatoms. The third kappa shape index (κ3) is 3.83. The molecule has 0 aliphatic carbocycles. The maximum absolute atomic E-state index is 12.4. The van der Waals surface area contributed by atoms with Crippen LogP contribution in [0.4, 0.5) is 0 Å². The van der Waals surface area contributed by atoms with Crippen molar-refractivity contribution in [3.63, 3.8) is 0 Å². The van der Waals surface area contributed by atoms with Crippen molar-refractivity contribution in [2.45, 2.75) is 12.5 Å². The van der Waals surface area contributed by atoms with E-state index in [4.69, 9.17) is 21.1 Å². The van der Waals surface area contributed by atoms with Gasteiger partial charge >= 0.3 is 5.97 Å². The van der Waals surface area contributed by atoms with Crippen LogP contribution in [-0.4, -0.2) is 34.9 Å². The number of methoxy groups -OCH3 is 1. The lowest BCUT2D eigenvalue weighted by Crippen LogP contribution is -2.23. The highest BCUT2D eigenvalue weighted by Crippen LogP contribution is 2.39.